The highest BCUT2D eigenvalue weighted by Gasteiger charge is 2.40. The molecular formula is C23H21F3N2O2. The highest BCUT2D eigenvalue weighted by Crippen LogP contribution is 2.48. The number of amides is 1. The topological polar surface area (TPSA) is 65.1 Å². The van der Waals surface area contributed by atoms with E-state index in [9.17, 15) is 23.1 Å². The Hall–Kier alpha value is -2.80. The molecule has 2 fully saturated rings. The molecule has 0 unspecified atom stereocenters. The second-order valence-corrected chi connectivity index (χ2v) is 8.43. The first-order chi connectivity index (χ1) is 14.4. The Balaban J connectivity index is 1.45. The van der Waals surface area contributed by atoms with Crippen LogP contribution in [0.3, 0.4) is 0 Å². The van der Waals surface area contributed by atoms with Crippen LogP contribution >= 0.6 is 0 Å². The van der Waals surface area contributed by atoms with Crippen LogP contribution in [-0.4, -0.2) is 28.1 Å². The number of H-pyrrole nitrogens is 1. The fourth-order valence-corrected chi connectivity index (χ4v) is 4.60. The average Bonchev–Trinajstić information content (AvgIpc) is 2.99. The highest BCUT2D eigenvalue weighted by atomic mass is 19.1. The van der Waals surface area contributed by atoms with E-state index in [0.717, 1.165) is 11.6 Å². The predicted molar refractivity (Wildman–Crippen MR) is 106 cm³/mol. The van der Waals surface area contributed by atoms with Gasteiger partial charge in [-0.05, 0) is 73.1 Å². The number of hydrogen-bond acceptors (Lipinski definition) is 2. The van der Waals surface area contributed by atoms with Crippen LogP contribution in [0.15, 0.2) is 36.4 Å². The maximum Gasteiger partial charge on any atom is 0.223 e. The molecular weight excluding hydrogens is 393 g/mol. The molecule has 1 heterocycles. The lowest BCUT2D eigenvalue weighted by Gasteiger charge is -2.38. The lowest BCUT2D eigenvalue weighted by atomic mass is 9.69. The summed E-state index contributed by atoms with van der Waals surface area (Å²) >= 11 is 0. The number of carbonyl (C=O) groups excluding carboxylic acids is 1. The van der Waals surface area contributed by atoms with Crippen molar-refractivity contribution in [2.75, 3.05) is 0 Å². The quantitative estimate of drug-likeness (QED) is 0.593. The Morgan fingerprint density at radius 1 is 1.00 bits per heavy atom. The zero-order chi connectivity index (χ0) is 21.0. The van der Waals surface area contributed by atoms with Gasteiger partial charge in [0, 0.05) is 23.4 Å². The van der Waals surface area contributed by atoms with Crippen LogP contribution in [0.25, 0.3) is 22.2 Å². The largest absolute Gasteiger partial charge is 0.393 e. The third kappa shape index (κ3) is 3.27. The van der Waals surface area contributed by atoms with Gasteiger partial charge < -0.3 is 15.4 Å². The zero-order valence-electron chi connectivity index (χ0n) is 16.1. The number of aromatic amines is 1. The van der Waals surface area contributed by atoms with Crippen LogP contribution in [0.4, 0.5) is 13.2 Å². The van der Waals surface area contributed by atoms with E-state index in [4.69, 9.17) is 0 Å². The monoisotopic (exact) mass is 414 g/mol. The minimum Gasteiger partial charge on any atom is -0.393 e. The number of carbonyl (C=O) groups is 1. The number of hydrogen-bond donors (Lipinski definition) is 3. The van der Waals surface area contributed by atoms with E-state index in [1.807, 2.05) is 0 Å². The summed E-state index contributed by atoms with van der Waals surface area (Å²) < 4.78 is 41.8. The number of halogens is 3. The van der Waals surface area contributed by atoms with E-state index in [-0.39, 0.29) is 41.2 Å². The van der Waals surface area contributed by atoms with Gasteiger partial charge in [0.2, 0.25) is 5.91 Å². The number of fused-ring (bicyclic) bond motifs is 1. The summed E-state index contributed by atoms with van der Waals surface area (Å²) in [5.41, 5.74) is 2.28. The molecule has 1 aromatic heterocycles. The van der Waals surface area contributed by atoms with Gasteiger partial charge in [-0.2, -0.15) is 0 Å². The molecule has 7 heteroatoms. The fraction of sp³-hybridized carbons (Fsp3) is 0.348. The Kier molecular flexibility index (Phi) is 4.58. The number of nitrogens with one attached hydrogen (secondary N) is 2. The van der Waals surface area contributed by atoms with Gasteiger partial charge in [-0.25, -0.2) is 13.2 Å². The lowest BCUT2D eigenvalue weighted by molar-refractivity contribution is -0.130. The second kappa shape index (κ2) is 7.16. The third-order valence-corrected chi connectivity index (χ3v) is 6.37. The summed E-state index contributed by atoms with van der Waals surface area (Å²) in [4.78, 5) is 15.5. The van der Waals surface area contributed by atoms with Crippen molar-refractivity contribution in [1.82, 2.24) is 10.3 Å². The molecule has 0 spiro atoms. The number of aliphatic hydroxyl groups excluding tert-OH is 1. The molecule has 2 aromatic carbocycles. The number of aromatic nitrogens is 1. The molecule has 2 aliphatic rings. The molecule has 5 rings (SSSR count). The van der Waals surface area contributed by atoms with Crippen molar-refractivity contribution in [3.8, 4) is 11.3 Å². The van der Waals surface area contributed by atoms with Crippen LogP contribution in [0, 0.1) is 23.4 Å². The first-order valence-corrected chi connectivity index (χ1v) is 10.1. The molecule has 3 aromatic rings. The van der Waals surface area contributed by atoms with Gasteiger partial charge in [0.15, 0.2) is 0 Å². The molecule has 156 valence electrons. The molecule has 1 amide bonds. The third-order valence-electron chi connectivity index (χ3n) is 6.37. The SMILES string of the molecule is O=C(N[C@H]1C[C@H](O)C1)[C@H]1C[C@@H](c2c(-c3ccc(F)cc3)[nH]c3c(F)cc(F)cc32)C1. The fourth-order valence-electron chi connectivity index (χ4n) is 4.60. The zero-order valence-corrected chi connectivity index (χ0v) is 16.1. The molecule has 0 radical (unpaired) electrons. The Morgan fingerprint density at radius 3 is 2.37 bits per heavy atom. The van der Waals surface area contributed by atoms with Crippen molar-refractivity contribution in [2.24, 2.45) is 5.92 Å². The van der Waals surface area contributed by atoms with Crippen LogP contribution in [0.1, 0.15) is 37.2 Å². The molecule has 0 saturated heterocycles. The van der Waals surface area contributed by atoms with Crippen LogP contribution in [0.2, 0.25) is 0 Å². The standard InChI is InChI=1S/C23H21F3N2O2/c24-14-3-1-11(2-4-14)21-20(18-7-15(25)8-19(26)22(18)28-21)12-5-13(6-12)23(30)27-16-9-17(29)10-16/h1-4,7-8,12-13,16-17,28-29H,5-6,9-10H2,(H,27,30)/t12-,13+,16-,17-. The van der Waals surface area contributed by atoms with Crippen LogP contribution in [0.5, 0.6) is 0 Å². The van der Waals surface area contributed by atoms with Gasteiger partial charge in [-0.3, -0.25) is 4.79 Å². The highest BCUT2D eigenvalue weighted by molar-refractivity contribution is 5.92. The average molecular weight is 414 g/mol. The molecule has 0 atom stereocenters. The van der Waals surface area contributed by atoms with Gasteiger partial charge in [0.05, 0.1) is 17.3 Å². The summed E-state index contributed by atoms with van der Waals surface area (Å²) in [5, 5.41) is 12.8. The van der Waals surface area contributed by atoms with E-state index < -0.39 is 11.6 Å². The van der Waals surface area contributed by atoms with Crippen molar-refractivity contribution >= 4 is 16.8 Å². The molecule has 2 saturated carbocycles. The van der Waals surface area contributed by atoms with Gasteiger partial charge >= 0.3 is 0 Å². The van der Waals surface area contributed by atoms with Crippen molar-refractivity contribution in [3.05, 3.63) is 59.4 Å². The van der Waals surface area contributed by atoms with E-state index in [0.29, 0.717) is 42.3 Å². The summed E-state index contributed by atoms with van der Waals surface area (Å²) in [7, 11) is 0. The minimum absolute atomic E-state index is 0.0256. The minimum atomic E-state index is -0.684. The normalized spacial score (nSPS) is 25.6. The van der Waals surface area contributed by atoms with Crippen molar-refractivity contribution < 1.29 is 23.1 Å². The molecule has 0 bridgehead atoms. The van der Waals surface area contributed by atoms with Crippen molar-refractivity contribution in [2.45, 2.75) is 43.7 Å². The Labute approximate surface area is 171 Å². The smallest absolute Gasteiger partial charge is 0.223 e. The summed E-state index contributed by atoms with van der Waals surface area (Å²) in [6, 6.07) is 8.02. The first-order valence-electron chi connectivity index (χ1n) is 10.1. The van der Waals surface area contributed by atoms with E-state index >= 15 is 0 Å². The molecule has 0 aliphatic heterocycles. The summed E-state index contributed by atoms with van der Waals surface area (Å²) in [6.45, 7) is 0. The van der Waals surface area contributed by atoms with Crippen molar-refractivity contribution in [1.29, 1.82) is 0 Å². The van der Waals surface area contributed by atoms with Gasteiger partial charge in [-0.1, -0.05) is 0 Å². The Bertz CT molecular complexity index is 1110. The van der Waals surface area contributed by atoms with Crippen LogP contribution < -0.4 is 5.32 Å². The molecule has 4 nitrogen and oxygen atoms in total. The molecule has 3 N–H and O–H groups in total. The Morgan fingerprint density at radius 2 is 1.70 bits per heavy atom. The van der Waals surface area contributed by atoms with Gasteiger partial charge in [-0.15, -0.1) is 0 Å². The van der Waals surface area contributed by atoms with Gasteiger partial charge in [0.25, 0.3) is 0 Å². The summed E-state index contributed by atoms with van der Waals surface area (Å²) in [5.74, 6) is -1.97. The maximum absolute atomic E-state index is 14.4. The first kappa shape index (κ1) is 19.2. The van der Waals surface area contributed by atoms with Crippen LogP contribution in [-0.2, 0) is 4.79 Å². The number of aliphatic hydroxyl groups is 1. The van der Waals surface area contributed by atoms with E-state index in [1.165, 1.54) is 18.2 Å². The second-order valence-electron chi connectivity index (χ2n) is 8.43. The van der Waals surface area contributed by atoms with E-state index in [2.05, 4.69) is 10.3 Å². The molecule has 30 heavy (non-hydrogen) atoms. The summed E-state index contributed by atoms with van der Waals surface area (Å²) in [6.07, 6.45) is 1.97. The van der Waals surface area contributed by atoms with E-state index in [1.54, 1.807) is 12.1 Å². The van der Waals surface area contributed by atoms with Crippen molar-refractivity contribution in [3.63, 3.8) is 0 Å². The number of rotatable bonds is 4. The molecule has 2 aliphatic carbocycles. The lowest BCUT2D eigenvalue weighted by Crippen LogP contribution is -2.50. The predicted octanol–water partition coefficient (Wildman–Crippen LogP) is 4.39. The number of benzene rings is 2. The van der Waals surface area contributed by atoms with Gasteiger partial charge in [0.1, 0.15) is 17.5 Å². The maximum atomic E-state index is 14.4.